The number of benzene rings is 2. The van der Waals surface area contributed by atoms with Crippen molar-refractivity contribution in [1.82, 2.24) is 0 Å². The standard InChI is InChI=1S/C16H12BrNO2/c1-18(13-8-4-3-7-12(13)17)16(19)15-10-11-6-2-5-9-14(11)20-15/h2-10H,1H3. The first-order chi connectivity index (χ1) is 9.66. The molecule has 0 saturated carbocycles. The molecule has 0 atom stereocenters. The number of anilines is 1. The topological polar surface area (TPSA) is 33.5 Å². The van der Waals surface area contributed by atoms with Crippen LogP contribution in [0.15, 0.2) is 63.5 Å². The van der Waals surface area contributed by atoms with Crippen molar-refractivity contribution in [2.75, 3.05) is 11.9 Å². The van der Waals surface area contributed by atoms with Gasteiger partial charge in [-0.15, -0.1) is 0 Å². The van der Waals surface area contributed by atoms with Gasteiger partial charge in [-0.05, 0) is 40.2 Å². The summed E-state index contributed by atoms with van der Waals surface area (Å²) in [5.74, 6) is 0.164. The van der Waals surface area contributed by atoms with E-state index in [2.05, 4.69) is 15.9 Å². The number of hydrogen-bond acceptors (Lipinski definition) is 2. The number of para-hydroxylation sites is 2. The van der Waals surface area contributed by atoms with Gasteiger partial charge < -0.3 is 9.32 Å². The van der Waals surface area contributed by atoms with Gasteiger partial charge in [-0.1, -0.05) is 30.3 Å². The minimum Gasteiger partial charge on any atom is -0.451 e. The van der Waals surface area contributed by atoms with Crippen molar-refractivity contribution >= 4 is 38.5 Å². The molecule has 0 N–H and O–H groups in total. The van der Waals surface area contributed by atoms with Gasteiger partial charge in [-0.25, -0.2) is 0 Å². The van der Waals surface area contributed by atoms with E-state index in [1.54, 1.807) is 18.0 Å². The molecule has 0 unspecified atom stereocenters. The van der Waals surface area contributed by atoms with E-state index in [9.17, 15) is 4.79 Å². The predicted octanol–water partition coefficient (Wildman–Crippen LogP) is 4.47. The van der Waals surface area contributed by atoms with Crippen LogP contribution in [0.2, 0.25) is 0 Å². The molecule has 1 amide bonds. The first-order valence-electron chi connectivity index (χ1n) is 6.18. The van der Waals surface area contributed by atoms with Crippen molar-refractivity contribution in [2.45, 2.75) is 0 Å². The third-order valence-electron chi connectivity index (χ3n) is 3.15. The first-order valence-corrected chi connectivity index (χ1v) is 6.97. The number of fused-ring (bicyclic) bond motifs is 1. The Hall–Kier alpha value is -2.07. The minimum atomic E-state index is -0.173. The number of hydrogen-bond donors (Lipinski definition) is 0. The zero-order valence-corrected chi connectivity index (χ0v) is 12.4. The van der Waals surface area contributed by atoms with E-state index in [-0.39, 0.29) is 5.91 Å². The van der Waals surface area contributed by atoms with E-state index in [0.29, 0.717) is 5.76 Å². The maximum absolute atomic E-state index is 12.5. The summed E-state index contributed by atoms with van der Waals surface area (Å²) in [4.78, 5) is 14.0. The summed E-state index contributed by atoms with van der Waals surface area (Å²) in [7, 11) is 1.73. The van der Waals surface area contributed by atoms with E-state index < -0.39 is 0 Å². The molecule has 0 spiro atoms. The Morgan fingerprint density at radius 1 is 1.10 bits per heavy atom. The summed E-state index contributed by atoms with van der Waals surface area (Å²) >= 11 is 3.45. The van der Waals surface area contributed by atoms with Crippen LogP contribution in [0.5, 0.6) is 0 Å². The highest BCUT2D eigenvalue weighted by Crippen LogP contribution is 2.27. The minimum absolute atomic E-state index is 0.173. The summed E-state index contributed by atoms with van der Waals surface area (Å²) in [6.07, 6.45) is 0. The van der Waals surface area contributed by atoms with Crippen LogP contribution in [-0.2, 0) is 0 Å². The second kappa shape index (κ2) is 5.13. The van der Waals surface area contributed by atoms with E-state index in [4.69, 9.17) is 4.42 Å². The summed E-state index contributed by atoms with van der Waals surface area (Å²) in [6, 6.07) is 16.9. The summed E-state index contributed by atoms with van der Waals surface area (Å²) in [6.45, 7) is 0. The maximum atomic E-state index is 12.5. The van der Waals surface area contributed by atoms with Crippen molar-refractivity contribution in [3.05, 3.63) is 64.8 Å². The van der Waals surface area contributed by atoms with Crippen molar-refractivity contribution in [3.63, 3.8) is 0 Å². The molecule has 3 aromatic rings. The molecule has 0 aliphatic rings. The molecule has 0 aliphatic carbocycles. The summed E-state index contributed by atoms with van der Waals surface area (Å²) in [5, 5.41) is 0.927. The molecule has 0 aliphatic heterocycles. The maximum Gasteiger partial charge on any atom is 0.293 e. The molecule has 20 heavy (non-hydrogen) atoms. The molecular formula is C16H12BrNO2. The number of nitrogens with zero attached hydrogens (tertiary/aromatic N) is 1. The number of rotatable bonds is 2. The van der Waals surface area contributed by atoms with Crippen molar-refractivity contribution < 1.29 is 9.21 Å². The van der Waals surface area contributed by atoms with Crippen LogP contribution >= 0.6 is 15.9 Å². The second-order valence-corrected chi connectivity index (χ2v) is 5.32. The summed E-state index contributed by atoms with van der Waals surface area (Å²) in [5.41, 5.74) is 1.52. The zero-order chi connectivity index (χ0) is 14.1. The molecular weight excluding hydrogens is 318 g/mol. The Kier molecular flexibility index (Phi) is 3.32. The predicted molar refractivity (Wildman–Crippen MR) is 83.1 cm³/mol. The average Bonchev–Trinajstić information content (AvgIpc) is 2.90. The number of halogens is 1. The fourth-order valence-electron chi connectivity index (χ4n) is 2.09. The molecule has 2 aromatic carbocycles. The molecule has 100 valence electrons. The van der Waals surface area contributed by atoms with Crippen molar-refractivity contribution in [2.24, 2.45) is 0 Å². The Bertz CT molecular complexity index is 746. The lowest BCUT2D eigenvalue weighted by Crippen LogP contribution is -2.26. The number of furan rings is 1. The van der Waals surface area contributed by atoms with Crippen LogP contribution in [0.3, 0.4) is 0 Å². The first kappa shape index (κ1) is 12.9. The average molecular weight is 330 g/mol. The molecule has 0 fully saturated rings. The largest absolute Gasteiger partial charge is 0.451 e. The van der Waals surface area contributed by atoms with Gasteiger partial charge in [-0.2, -0.15) is 0 Å². The highest BCUT2D eigenvalue weighted by Gasteiger charge is 2.19. The molecule has 1 aromatic heterocycles. The molecule has 3 rings (SSSR count). The van der Waals surface area contributed by atoms with Crippen LogP contribution in [-0.4, -0.2) is 13.0 Å². The number of carbonyl (C=O) groups is 1. The Morgan fingerprint density at radius 2 is 1.80 bits per heavy atom. The molecule has 0 bridgehead atoms. The Morgan fingerprint density at radius 3 is 2.55 bits per heavy atom. The Labute approximate surface area is 124 Å². The van der Waals surface area contributed by atoms with Crippen LogP contribution in [0.1, 0.15) is 10.6 Å². The van der Waals surface area contributed by atoms with Crippen LogP contribution in [0.4, 0.5) is 5.69 Å². The molecule has 0 radical (unpaired) electrons. The van der Waals surface area contributed by atoms with Crippen molar-refractivity contribution in [1.29, 1.82) is 0 Å². The van der Waals surface area contributed by atoms with Gasteiger partial charge in [0, 0.05) is 16.9 Å². The molecule has 4 heteroatoms. The lowest BCUT2D eigenvalue weighted by molar-refractivity contribution is 0.0968. The van der Waals surface area contributed by atoms with Crippen LogP contribution < -0.4 is 4.90 Å². The fraction of sp³-hybridized carbons (Fsp3) is 0.0625. The van der Waals surface area contributed by atoms with Gasteiger partial charge in [0.2, 0.25) is 0 Å². The second-order valence-electron chi connectivity index (χ2n) is 4.46. The molecule has 3 nitrogen and oxygen atoms in total. The number of carbonyl (C=O) groups excluding carboxylic acids is 1. The van der Waals surface area contributed by atoms with Gasteiger partial charge in [0.15, 0.2) is 5.76 Å². The monoisotopic (exact) mass is 329 g/mol. The molecule has 0 saturated heterocycles. The quantitative estimate of drug-likeness (QED) is 0.694. The van der Waals surface area contributed by atoms with Crippen LogP contribution in [0, 0.1) is 0 Å². The van der Waals surface area contributed by atoms with Gasteiger partial charge in [0.05, 0.1) is 5.69 Å². The van der Waals surface area contributed by atoms with E-state index >= 15 is 0 Å². The third kappa shape index (κ3) is 2.23. The lowest BCUT2D eigenvalue weighted by atomic mass is 10.2. The van der Waals surface area contributed by atoms with Crippen molar-refractivity contribution in [3.8, 4) is 0 Å². The molecule has 1 heterocycles. The normalized spacial score (nSPS) is 10.7. The van der Waals surface area contributed by atoms with Gasteiger partial charge in [-0.3, -0.25) is 4.79 Å². The van der Waals surface area contributed by atoms with E-state index in [1.807, 2.05) is 48.5 Å². The smallest absolute Gasteiger partial charge is 0.293 e. The summed E-state index contributed by atoms with van der Waals surface area (Å²) < 4.78 is 6.47. The van der Waals surface area contributed by atoms with Crippen LogP contribution in [0.25, 0.3) is 11.0 Å². The third-order valence-corrected chi connectivity index (χ3v) is 3.83. The fourth-order valence-corrected chi connectivity index (χ4v) is 2.64. The van der Waals surface area contributed by atoms with Gasteiger partial charge in [0.1, 0.15) is 5.58 Å². The zero-order valence-electron chi connectivity index (χ0n) is 10.8. The highest BCUT2D eigenvalue weighted by molar-refractivity contribution is 9.10. The van der Waals surface area contributed by atoms with Gasteiger partial charge >= 0.3 is 0 Å². The number of amides is 1. The van der Waals surface area contributed by atoms with E-state index in [0.717, 1.165) is 21.1 Å². The SMILES string of the molecule is CN(C(=O)c1cc2ccccc2o1)c1ccccc1Br. The lowest BCUT2D eigenvalue weighted by Gasteiger charge is -2.17. The highest BCUT2D eigenvalue weighted by atomic mass is 79.9. The van der Waals surface area contributed by atoms with E-state index in [1.165, 1.54) is 0 Å². The Balaban J connectivity index is 1.98. The van der Waals surface area contributed by atoms with Gasteiger partial charge in [0.25, 0.3) is 5.91 Å².